The van der Waals surface area contributed by atoms with Gasteiger partial charge in [-0.15, -0.1) is 0 Å². The molecule has 0 aliphatic heterocycles. The van der Waals surface area contributed by atoms with Crippen LogP contribution in [0, 0.1) is 0 Å². The van der Waals surface area contributed by atoms with Crippen LogP contribution in [0.5, 0.6) is 5.75 Å². The smallest absolute Gasteiger partial charge is 0.163 e. The fourth-order valence-corrected chi connectivity index (χ4v) is 2.90. The van der Waals surface area contributed by atoms with E-state index in [1.54, 1.807) is 14.0 Å². The Morgan fingerprint density at radius 3 is 2.65 bits per heavy atom. The average Bonchev–Trinajstić information content (AvgIpc) is 2.51. The van der Waals surface area contributed by atoms with Crippen LogP contribution in [0.2, 0.25) is 5.02 Å². The van der Waals surface area contributed by atoms with Gasteiger partial charge in [-0.2, -0.15) is 0 Å². The molecule has 0 atom stereocenters. The van der Waals surface area contributed by atoms with E-state index in [9.17, 15) is 4.79 Å². The minimum atomic E-state index is 0.0440. The number of carbonyl (C=O) groups is 1. The van der Waals surface area contributed by atoms with Gasteiger partial charge in [0.1, 0.15) is 5.75 Å². The summed E-state index contributed by atoms with van der Waals surface area (Å²) in [7, 11) is 1.57. The number of hydrogen-bond acceptors (Lipinski definition) is 2. The molecule has 0 spiro atoms. The van der Waals surface area contributed by atoms with Crippen molar-refractivity contribution in [1.82, 2.24) is 0 Å². The highest BCUT2D eigenvalue weighted by atomic mass is 35.5. The second-order valence-electron chi connectivity index (χ2n) is 4.52. The van der Waals surface area contributed by atoms with Crippen LogP contribution >= 0.6 is 11.6 Å². The first kappa shape index (κ1) is 12.4. The first-order chi connectivity index (χ1) is 8.15. The first-order valence-corrected chi connectivity index (χ1v) is 6.42. The van der Waals surface area contributed by atoms with Gasteiger partial charge in [0, 0.05) is 0 Å². The molecule has 2 nitrogen and oxygen atoms in total. The van der Waals surface area contributed by atoms with Crippen LogP contribution in [0.1, 0.15) is 47.7 Å². The molecule has 1 aromatic rings. The molecule has 0 N–H and O–H groups in total. The van der Waals surface area contributed by atoms with Gasteiger partial charge in [-0.05, 0) is 49.8 Å². The number of ether oxygens (including phenoxy) is 1. The van der Waals surface area contributed by atoms with Gasteiger partial charge in [0.2, 0.25) is 0 Å². The fourth-order valence-electron chi connectivity index (χ4n) is 2.60. The van der Waals surface area contributed by atoms with Crippen LogP contribution in [0.15, 0.2) is 6.07 Å². The predicted octanol–water partition coefficient (Wildman–Crippen LogP) is 3.82. The van der Waals surface area contributed by atoms with Crippen molar-refractivity contribution in [3.05, 3.63) is 27.8 Å². The SMILES string of the molecule is COc1c(Cl)cc2c(c1C(C)=O)CCCCC2. The van der Waals surface area contributed by atoms with Crippen molar-refractivity contribution < 1.29 is 9.53 Å². The zero-order chi connectivity index (χ0) is 12.4. The molecule has 0 radical (unpaired) electrons. The molecule has 0 saturated heterocycles. The summed E-state index contributed by atoms with van der Waals surface area (Å²) in [6, 6.07) is 1.97. The molecule has 0 amide bonds. The third-order valence-electron chi connectivity index (χ3n) is 3.36. The lowest BCUT2D eigenvalue weighted by Gasteiger charge is -2.16. The maximum absolute atomic E-state index is 11.8. The highest BCUT2D eigenvalue weighted by molar-refractivity contribution is 6.33. The van der Waals surface area contributed by atoms with Gasteiger partial charge >= 0.3 is 0 Å². The number of hydrogen-bond donors (Lipinski definition) is 0. The Balaban J connectivity index is 2.66. The van der Waals surface area contributed by atoms with Gasteiger partial charge in [0.05, 0.1) is 17.7 Å². The molecular weight excluding hydrogens is 236 g/mol. The van der Waals surface area contributed by atoms with E-state index >= 15 is 0 Å². The van der Waals surface area contributed by atoms with Crippen molar-refractivity contribution in [3.63, 3.8) is 0 Å². The van der Waals surface area contributed by atoms with Gasteiger partial charge in [-0.1, -0.05) is 18.0 Å². The minimum Gasteiger partial charge on any atom is -0.494 e. The topological polar surface area (TPSA) is 26.3 Å². The summed E-state index contributed by atoms with van der Waals surface area (Å²) in [4.78, 5) is 11.8. The van der Waals surface area contributed by atoms with Crippen LogP contribution in [-0.4, -0.2) is 12.9 Å². The highest BCUT2D eigenvalue weighted by Gasteiger charge is 2.21. The molecule has 1 aliphatic carbocycles. The van der Waals surface area contributed by atoms with Crippen LogP contribution in [0.4, 0.5) is 0 Å². The number of benzene rings is 1. The maximum Gasteiger partial charge on any atom is 0.163 e. The summed E-state index contributed by atoms with van der Waals surface area (Å²) in [5.41, 5.74) is 3.06. The monoisotopic (exact) mass is 252 g/mol. The number of carbonyl (C=O) groups excluding carboxylic acids is 1. The largest absolute Gasteiger partial charge is 0.494 e. The zero-order valence-electron chi connectivity index (χ0n) is 10.3. The molecule has 0 fully saturated rings. The van der Waals surface area contributed by atoms with Crippen molar-refractivity contribution in [2.75, 3.05) is 7.11 Å². The molecule has 1 aliphatic rings. The van der Waals surface area contributed by atoms with Crippen molar-refractivity contribution >= 4 is 17.4 Å². The number of Topliss-reactive ketones (excluding diaryl/α,β-unsaturated/α-hetero) is 1. The maximum atomic E-state index is 11.8. The molecule has 0 heterocycles. The fraction of sp³-hybridized carbons (Fsp3) is 0.500. The Labute approximate surface area is 107 Å². The summed E-state index contributed by atoms with van der Waals surface area (Å²) in [5, 5.41) is 0.554. The molecule has 92 valence electrons. The number of methoxy groups -OCH3 is 1. The van der Waals surface area contributed by atoms with Gasteiger partial charge in [0.25, 0.3) is 0 Å². The van der Waals surface area contributed by atoms with E-state index in [-0.39, 0.29) is 5.78 Å². The number of rotatable bonds is 2. The zero-order valence-corrected chi connectivity index (χ0v) is 11.1. The molecule has 17 heavy (non-hydrogen) atoms. The number of fused-ring (bicyclic) bond motifs is 1. The Morgan fingerprint density at radius 1 is 1.29 bits per heavy atom. The molecule has 0 aromatic heterocycles. The molecular formula is C14H17ClO2. The van der Waals surface area contributed by atoms with Gasteiger partial charge < -0.3 is 4.74 Å². The Morgan fingerprint density at radius 2 is 2.00 bits per heavy atom. The summed E-state index contributed by atoms with van der Waals surface area (Å²) in [5.74, 6) is 0.585. The van der Waals surface area contributed by atoms with Crippen LogP contribution in [-0.2, 0) is 12.8 Å². The molecule has 0 unspecified atom stereocenters. The van der Waals surface area contributed by atoms with E-state index in [1.807, 2.05) is 6.07 Å². The predicted molar refractivity (Wildman–Crippen MR) is 69.3 cm³/mol. The van der Waals surface area contributed by atoms with E-state index < -0.39 is 0 Å². The molecule has 1 aromatic carbocycles. The van der Waals surface area contributed by atoms with Crippen molar-refractivity contribution in [3.8, 4) is 5.75 Å². The van der Waals surface area contributed by atoms with E-state index in [1.165, 1.54) is 18.4 Å². The van der Waals surface area contributed by atoms with E-state index in [4.69, 9.17) is 16.3 Å². The second kappa shape index (κ2) is 5.09. The van der Waals surface area contributed by atoms with E-state index in [0.29, 0.717) is 16.3 Å². The standard InChI is InChI=1S/C14H17ClO2/c1-9(16)13-11-7-5-3-4-6-10(11)8-12(15)14(13)17-2/h8H,3-7H2,1-2H3. The summed E-state index contributed by atoms with van der Waals surface area (Å²) >= 11 is 6.19. The minimum absolute atomic E-state index is 0.0440. The van der Waals surface area contributed by atoms with Crippen LogP contribution in [0.25, 0.3) is 0 Å². The lowest BCUT2D eigenvalue weighted by atomic mass is 9.94. The van der Waals surface area contributed by atoms with Crippen molar-refractivity contribution in [2.45, 2.75) is 39.0 Å². The normalized spacial score (nSPS) is 15.0. The van der Waals surface area contributed by atoms with Crippen LogP contribution < -0.4 is 4.74 Å². The van der Waals surface area contributed by atoms with Gasteiger partial charge in [-0.25, -0.2) is 0 Å². The average molecular weight is 253 g/mol. The Hall–Kier alpha value is -1.02. The molecule has 2 rings (SSSR count). The lowest BCUT2D eigenvalue weighted by Crippen LogP contribution is -2.06. The number of halogens is 1. The van der Waals surface area contributed by atoms with Crippen LogP contribution in [0.3, 0.4) is 0 Å². The Kier molecular flexibility index (Phi) is 3.72. The second-order valence-corrected chi connectivity index (χ2v) is 4.93. The van der Waals surface area contributed by atoms with Crippen molar-refractivity contribution in [2.24, 2.45) is 0 Å². The molecule has 0 bridgehead atoms. The Bertz CT molecular complexity index is 452. The first-order valence-electron chi connectivity index (χ1n) is 6.04. The highest BCUT2D eigenvalue weighted by Crippen LogP contribution is 2.36. The number of aryl methyl sites for hydroxylation is 1. The van der Waals surface area contributed by atoms with Crippen molar-refractivity contribution in [1.29, 1.82) is 0 Å². The number of ketones is 1. The summed E-state index contributed by atoms with van der Waals surface area (Å²) in [6.07, 6.45) is 5.49. The summed E-state index contributed by atoms with van der Waals surface area (Å²) < 4.78 is 5.29. The molecule has 3 heteroatoms. The van der Waals surface area contributed by atoms with Gasteiger partial charge in [0.15, 0.2) is 5.78 Å². The third-order valence-corrected chi connectivity index (χ3v) is 3.64. The summed E-state index contributed by atoms with van der Waals surface area (Å²) in [6.45, 7) is 1.58. The van der Waals surface area contributed by atoms with E-state index in [2.05, 4.69) is 0 Å². The van der Waals surface area contributed by atoms with Gasteiger partial charge in [-0.3, -0.25) is 4.79 Å². The molecule has 0 saturated carbocycles. The lowest BCUT2D eigenvalue weighted by molar-refractivity contribution is 0.101. The van der Waals surface area contributed by atoms with E-state index in [0.717, 1.165) is 24.8 Å². The quantitative estimate of drug-likeness (QED) is 0.591. The third kappa shape index (κ3) is 2.32.